The second-order valence-electron chi connectivity index (χ2n) is 6.98. The quantitative estimate of drug-likeness (QED) is 0.211. The predicted molar refractivity (Wildman–Crippen MR) is 132 cm³/mol. The lowest BCUT2D eigenvalue weighted by Gasteiger charge is -2.10. The first-order valence-electron chi connectivity index (χ1n) is 9.88. The standard InChI is InChI=1S/C24H20BrN5OS/c1-17-7-11-19(12-8-17)23-28-29-24(30(23)21-5-3-2-4-6-21)32-16-22(31)27-26-15-18-9-13-20(25)14-10-18/h2-15H,16H2,1H3,(H,27,31)/b26-15+. The monoisotopic (exact) mass is 505 g/mol. The molecule has 0 atom stereocenters. The smallest absolute Gasteiger partial charge is 0.250 e. The van der Waals surface area contributed by atoms with Crippen molar-refractivity contribution in [3.8, 4) is 17.1 Å². The number of hydrogen-bond acceptors (Lipinski definition) is 5. The van der Waals surface area contributed by atoms with Crippen LogP contribution in [0.1, 0.15) is 11.1 Å². The Morgan fingerprint density at radius 2 is 1.75 bits per heavy atom. The van der Waals surface area contributed by atoms with E-state index in [0.717, 1.165) is 27.1 Å². The van der Waals surface area contributed by atoms with Crippen LogP contribution in [0, 0.1) is 6.92 Å². The number of nitrogens with zero attached hydrogens (tertiary/aromatic N) is 4. The Bertz CT molecular complexity index is 1220. The third kappa shape index (κ3) is 5.52. The molecule has 1 amide bonds. The lowest BCUT2D eigenvalue weighted by Crippen LogP contribution is -2.20. The van der Waals surface area contributed by atoms with Crippen LogP contribution < -0.4 is 5.43 Å². The average Bonchev–Trinajstić information content (AvgIpc) is 3.24. The molecule has 1 aromatic heterocycles. The first-order valence-corrected chi connectivity index (χ1v) is 11.7. The number of nitrogens with one attached hydrogen (secondary N) is 1. The number of thioether (sulfide) groups is 1. The number of carbonyl (C=O) groups is 1. The zero-order chi connectivity index (χ0) is 22.3. The molecule has 0 fully saturated rings. The minimum atomic E-state index is -0.220. The summed E-state index contributed by atoms with van der Waals surface area (Å²) < 4.78 is 2.95. The molecule has 32 heavy (non-hydrogen) atoms. The Morgan fingerprint density at radius 3 is 2.47 bits per heavy atom. The van der Waals surface area contributed by atoms with Crippen molar-refractivity contribution in [2.45, 2.75) is 12.1 Å². The molecular weight excluding hydrogens is 486 g/mol. The van der Waals surface area contributed by atoms with Crippen molar-refractivity contribution in [2.75, 3.05) is 5.75 Å². The van der Waals surface area contributed by atoms with E-state index >= 15 is 0 Å². The van der Waals surface area contributed by atoms with Crippen LogP contribution in [0.15, 0.2) is 93.6 Å². The molecule has 0 aliphatic rings. The maximum absolute atomic E-state index is 12.3. The van der Waals surface area contributed by atoms with Gasteiger partial charge in [-0.25, -0.2) is 5.43 Å². The van der Waals surface area contributed by atoms with Crippen LogP contribution in [0.4, 0.5) is 0 Å². The molecule has 0 unspecified atom stereocenters. The fraction of sp³-hybridized carbons (Fsp3) is 0.0833. The van der Waals surface area contributed by atoms with Gasteiger partial charge in [-0.15, -0.1) is 10.2 Å². The summed E-state index contributed by atoms with van der Waals surface area (Å²) in [5, 5.41) is 13.4. The summed E-state index contributed by atoms with van der Waals surface area (Å²) in [5.41, 5.74) is 6.53. The fourth-order valence-corrected chi connectivity index (χ4v) is 3.96. The van der Waals surface area contributed by atoms with E-state index in [9.17, 15) is 4.79 Å². The zero-order valence-corrected chi connectivity index (χ0v) is 19.7. The van der Waals surface area contributed by atoms with Gasteiger partial charge >= 0.3 is 0 Å². The van der Waals surface area contributed by atoms with Gasteiger partial charge in [0.05, 0.1) is 12.0 Å². The maximum Gasteiger partial charge on any atom is 0.250 e. The Morgan fingerprint density at radius 1 is 1.03 bits per heavy atom. The highest BCUT2D eigenvalue weighted by molar-refractivity contribution is 9.10. The summed E-state index contributed by atoms with van der Waals surface area (Å²) in [6.07, 6.45) is 1.61. The molecule has 4 rings (SSSR count). The van der Waals surface area contributed by atoms with Crippen molar-refractivity contribution in [3.63, 3.8) is 0 Å². The van der Waals surface area contributed by atoms with Crippen molar-refractivity contribution in [3.05, 3.63) is 94.5 Å². The summed E-state index contributed by atoms with van der Waals surface area (Å²) in [5.74, 6) is 0.673. The van der Waals surface area contributed by atoms with E-state index in [4.69, 9.17) is 0 Å². The van der Waals surface area contributed by atoms with Gasteiger partial charge in [0.15, 0.2) is 11.0 Å². The normalized spacial score (nSPS) is 11.1. The number of para-hydroxylation sites is 1. The van der Waals surface area contributed by atoms with Gasteiger partial charge in [-0.05, 0) is 36.8 Å². The third-order valence-electron chi connectivity index (χ3n) is 4.56. The van der Waals surface area contributed by atoms with E-state index in [1.54, 1.807) is 6.21 Å². The van der Waals surface area contributed by atoms with Crippen LogP contribution in [0.3, 0.4) is 0 Å². The highest BCUT2D eigenvalue weighted by atomic mass is 79.9. The van der Waals surface area contributed by atoms with E-state index in [2.05, 4.69) is 36.7 Å². The summed E-state index contributed by atoms with van der Waals surface area (Å²) >= 11 is 4.71. The van der Waals surface area contributed by atoms with Crippen molar-refractivity contribution in [1.82, 2.24) is 20.2 Å². The van der Waals surface area contributed by atoms with Crippen LogP contribution in [0.2, 0.25) is 0 Å². The number of carbonyl (C=O) groups excluding carboxylic acids is 1. The van der Waals surface area contributed by atoms with Gasteiger partial charge in [0.2, 0.25) is 0 Å². The highest BCUT2D eigenvalue weighted by Crippen LogP contribution is 2.28. The number of hydrazone groups is 1. The largest absolute Gasteiger partial charge is 0.272 e. The van der Waals surface area contributed by atoms with Crippen molar-refractivity contribution in [1.29, 1.82) is 0 Å². The van der Waals surface area contributed by atoms with Crippen molar-refractivity contribution >= 4 is 39.8 Å². The Kier molecular flexibility index (Phi) is 7.14. The molecule has 4 aromatic rings. The second kappa shape index (κ2) is 10.4. The molecule has 0 saturated carbocycles. The zero-order valence-electron chi connectivity index (χ0n) is 17.3. The molecule has 1 N–H and O–H groups in total. The van der Waals surface area contributed by atoms with Crippen LogP contribution in [-0.4, -0.2) is 32.6 Å². The SMILES string of the molecule is Cc1ccc(-c2nnc(SCC(=O)N/N=C/c3ccc(Br)cc3)n2-c2ccccc2)cc1. The fourth-order valence-electron chi connectivity index (χ4n) is 2.95. The number of aryl methyl sites for hydroxylation is 1. The molecular formula is C24H20BrN5OS. The number of rotatable bonds is 7. The Balaban J connectivity index is 1.49. The summed E-state index contributed by atoms with van der Waals surface area (Å²) in [6, 6.07) is 25.7. The van der Waals surface area contributed by atoms with E-state index in [-0.39, 0.29) is 11.7 Å². The molecule has 0 radical (unpaired) electrons. The van der Waals surface area contributed by atoms with E-state index in [0.29, 0.717) is 5.16 Å². The third-order valence-corrected chi connectivity index (χ3v) is 6.02. The summed E-state index contributed by atoms with van der Waals surface area (Å²) in [6.45, 7) is 2.05. The number of hydrogen-bond donors (Lipinski definition) is 1. The number of benzene rings is 3. The molecule has 3 aromatic carbocycles. The maximum atomic E-state index is 12.3. The number of aromatic nitrogens is 3. The van der Waals surface area contributed by atoms with Crippen LogP contribution >= 0.6 is 27.7 Å². The van der Waals surface area contributed by atoms with Crippen LogP contribution in [0.5, 0.6) is 0 Å². The van der Waals surface area contributed by atoms with Crippen LogP contribution in [-0.2, 0) is 4.79 Å². The van der Waals surface area contributed by atoms with Gasteiger partial charge in [0, 0.05) is 15.7 Å². The molecule has 0 aliphatic heterocycles. The molecule has 8 heteroatoms. The number of amides is 1. The minimum absolute atomic E-state index is 0.163. The molecule has 0 aliphatic carbocycles. The molecule has 6 nitrogen and oxygen atoms in total. The Hall–Kier alpha value is -3.23. The van der Waals surface area contributed by atoms with Gasteiger partial charge in [0.1, 0.15) is 0 Å². The number of halogens is 1. The topological polar surface area (TPSA) is 72.2 Å². The lowest BCUT2D eigenvalue weighted by molar-refractivity contribution is -0.118. The van der Waals surface area contributed by atoms with Crippen molar-refractivity contribution in [2.24, 2.45) is 5.10 Å². The van der Waals surface area contributed by atoms with Gasteiger partial charge < -0.3 is 0 Å². The summed E-state index contributed by atoms with van der Waals surface area (Å²) in [4.78, 5) is 12.3. The van der Waals surface area contributed by atoms with E-state index < -0.39 is 0 Å². The lowest BCUT2D eigenvalue weighted by atomic mass is 10.1. The first kappa shape index (κ1) is 22.0. The van der Waals surface area contributed by atoms with Crippen molar-refractivity contribution < 1.29 is 4.79 Å². The molecule has 0 bridgehead atoms. The molecule has 0 saturated heterocycles. The first-order chi connectivity index (χ1) is 15.6. The average molecular weight is 506 g/mol. The molecule has 0 spiro atoms. The van der Waals surface area contributed by atoms with Gasteiger partial charge in [0.25, 0.3) is 5.91 Å². The molecule has 1 heterocycles. The van der Waals surface area contributed by atoms with E-state index in [1.807, 2.05) is 90.4 Å². The van der Waals surface area contributed by atoms with Gasteiger partial charge in [-0.1, -0.05) is 87.9 Å². The Labute approximate surface area is 198 Å². The molecule has 160 valence electrons. The van der Waals surface area contributed by atoms with Gasteiger partial charge in [-0.3, -0.25) is 9.36 Å². The predicted octanol–water partition coefficient (Wildman–Crippen LogP) is 5.25. The minimum Gasteiger partial charge on any atom is -0.272 e. The second-order valence-corrected chi connectivity index (χ2v) is 8.83. The van der Waals surface area contributed by atoms with Crippen LogP contribution in [0.25, 0.3) is 17.1 Å². The summed E-state index contributed by atoms with van der Waals surface area (Å²) in [7, 11) is 0. The highest BCUT2D eigenvalue weighted by Gasteiger charge is 2.17. The van der Waals surface area contributed by atoms with E-state index in [1.165, 1.54) is 17.3 Å². The van der Waals surface area contributed by atoms with Gasteiger partial charge in [-0.2, -0.15) is 5.10 Å².